The maximum absolute atomic E-state index is 10.5. The molecule has 0 unspecified atom stereocenters. The summed E-state index contributed by atoms with van der Waals surface area (Å²) in [5.74, 6) is 0.907. The van der Waals surface area contributed by atoms with Crippen LogP contribution in [0.4, 0.5) is 0 Å². The number of aldehydes is 1. The van der Waals surface area contributed by atoms with Crippen molar-refractivity contribution in [2.24, 2.45) is 0 Å². The molecule has 4 nitrogen and oxygen atoms in total. The van der Waals surface area contributed by atoms with Crippen LogP contribution in [-0.2, 0) is 0 Å². The number of carbonyl (C=O) groups is 1. The highest BCUT2D eigenvalue weighted by Gasteiger charge is 2.04. The smallest absolute Gasteiger partial charge is 0.174 e. The van der Waals surface area contributed by atoms with Gasteiger partial charge in [-0.05, 0) is 18.2 Å². The molecular formula is C10H9NO3. The van der Waals surface area contributed by atoms with Gasteiger partial charge in [0.15, 0.2) is 18.1 Å². The second-order valence-electron chi connectivity index (χ2n) is 2.47. The monoisotopic (exact) mass is 191 g/mol. The van der Waals surface area contributed by atoms with Gasteiger partial charge in [0.05, 0.1) is 7.11 Å². The van der Waals surface area contributed by atoms with Crippen molar-refractivity contribution in [2.75, 3.05) is 13.7 Å². The average Bonchev–Trinajstić information content (AvgIpc) is 2.25. The van der Waals surface area contributed by atoms with Gasteiger partial charge in [-0.3, -0.25) is 4.79 Å². The van der Waals surface area contributed by atoms with Gasteiger partial charge in [-0.15, -0.1) is 0 Å². The topological polar surface area (TPSA) is 59.3 Å². The summed E-state index contributed by atoms with van der Waals surface area (Å²) in [5.41, 5.74) is 0.485. The van der Waals surface area contributed by atoms with Crippen LogP contribution in [0.25, 0.3) is 0 Å². The minimum absolute atomic E-state index is 0.0708. The van der Waals surface area contributed by atoms with Gasteiger partial charge in [0.25, 0.3) is 0 Å². The number of benzene rings is 1. The molecule has 0 bridgehead atoms. The Morgan fingerprint density at radius 1 is 1.50 bits per heavy atom. The molecule has 0 atom stereocenters. The highest BCUT2D eigenvalue weighted by Crippen LogP contribution is 2.27. The van der Waals surface area contributed by atoms with Crippen molar-refractivity contribution >= 4 is 6.29 Å². The molecule has 1 rings (SSSR count). The molecule has 0 aliphatic carbocycles. The fraction of sp³-hybridized carbons (Fsp3) is 0.200. The number of methoxy groups -OCH3 is 1. The quantitative estimate of drug-likeness (QED) is 0.675. The van der Waals surface area contributed by atoms with Crippen LogP contribution in [0.2, 0.25) is 0 Å². The van der Waals surface area contributed by atoms with E-state index in [9.17, 15) is 4.79 Å². The van der Waals surface area contributed by atoms with E-state index >= 15 is 0 Å². The van der Waals surface area contributed by atoms with Gasteiger partial charge in [-0.1, -0.05) is 0 Å². The number of nitrogens with zero attached hydrogens (tertiary/aromatic N) is 1. The van der Waals surface area contributed by atoms with E-state index in [4.69, 9.17) is 14.7 Å². The van der Waals surface area contributed by atoms with E-state index < -0.39 is 0 Å². The van der Waals surface area contributed by atoms with E-state index in [0.717, 1.165) is 0 Å². The SMILES string of the molecule is COc1ccc(C=O)cc1OCC#N. The molecule has 0 aliphatic heterocycles. The van der Waals surface area contributed by atoms with Crippen LogP contribution in [-0.4, -0.2) is 20.0 Å². The number of ether oxygens (including phenoxy) is 2. The summed E-state index contributed by atoms with van der Waals surface area (Å²) in [5, 5.41) is 8.33. The van der Waals surface area contributed by atoms with E-state index in [1.165, 1.54) is 13.2 Å². The van der Waals surface area contributed by atoms with E-state index in [1.807, 2.05) is 6.07 Å². The zero-order valence-corrected chi connectivity index (χ0v) is 7.69. The van der Waals surface area contributed by atoms with Gasteiger partial charge in [0.1, 0.15) is 12.4 Å². The van der Waals surface area contributed by atoms with Gasteiger partial charge in [0, 0.05) is 5.56 Å². The second-order valence-corrected chi connectivity index (χ2v) is 2.47. The van der Waals surface area contributed by atoms with Crippen molar-refractivity contribution in [3.63, 3.8) is 0 Å². The number of nitriles is 1. The predicted molar refractivity (Wildman–Crippen MR) is 49.5 cm³/mol. The largest absolute Gasteiger partial charge is 0.493 e. The molecule has 0 aromatic heterocycles. The number of hydrogen-bond acceptors (Lipinski definition) is 4. The number of rotatable bonds is 4. The third-order valence-corrected chi connectivity index (χ3v) is 1.62. The van der Waals surface area contributed by atoms with Crippen molar-refractivity contribution in [1.82, 2.24) is 0 Å². The first-order valence-corrected chi connectivity index (χ1v) is 3.94. The fourth-order valence-corrected chi connectivity index (χ4v) is 0.989. The molecule has 0 amide bonds. The molecule has 0 heterocycles. The summed E-state index contributed by atoms with van der Waals surface area (Å²) in [6, 6.07) is 6.61. The predicted octanol–water partition coefficient (Wildman–Crippen LogP) is 1.41. The Hall–Kier alpha value is -2.02. The molecular weight excluding hydrogens is 182 g/mol. The zero-order valence-electron chi connectivity index (χ0n) is 7.69. The molecule has 0 aliphatic rings. The van der Waals surface area contributed by atoms with Gasteiger partial charge < -0.3 is 9.47 Å². The molecule has 0 spiro atoms. The first-order valence-electron chi connectivity index (χ1n) is 3.94. The zero-order chi connectivity index (χ0) is 10.4. The molecule has 0 fully saturated rings. The molecule has 1 aromatic carbocycles. The highest BCUT2D eigenvalue weighted by molar-refractivity contribution is 5.76. The third kappa shape index (κ3) is 2.23. The standard InChI is InChI=1S/C10H9NO3/c1-13-9-3-2-8(7-12)6-10(9)14-5-4-11/h2-3,6-7H,5H2,1H3. The Morgan fingerprint density at radius 3 is 2.86 bits per heavy atom. The lowest BCUT2D eigenvalue weighted by molar-refractivity contribution is 0.112. The summed E-state index contributed by atoms with van der Waals surface area (Å²) in [6.45, 7) is -0.0708. The molecule has 0 radical (unpaired) electrons. The van der Waals surface area contributed by atoms with Crippen LogP contribution in [0.5, 0.6) is 11.5 Å². The van der Waals surface area contributed by atoms with Gasteiger partial charge in [-0.2, -0.15) is 5.26 Å². The van der Waals surface area contributed by atoms with Crippen molar-refractivity contribution in [2.45, 2.75) is 0 Å². The van der Waals surface area contributed by atoms with Crippen molar-refractivity contribution < 1.29 is 14.3 Å². The Labute approximate surface area is 81.7 Å². The summed E-state index contributed by atoms with van der Waals surface area (Å²) in [4.78, 5) is 10.5. The van der Waals surface area contributed by atoms with E-state index in [2.05, 4.69) is 0 Å². The molecule has 4 heteroatoms. The van der Waals surface area contributed by atoms with Crippen LogP contribution >= 0.6 is 0 Å². The maximum Gasteiger partial charge on any atom is 0.174 e. The normalized spacial score (nSPS) is 8.86. The first kappa shape index (κ1) is 10.1. The van der Waals surface area contributed by atoms with Gasteiger partial charge in [0.2, 0.25) is 0 Å². The Morgan fingerprint density at radius 2 is 2.29 bits per heavy atom. The summed E-state index contributed by atoms with van der Waals surface area (Å²) in [6.07, 6.45) is 0.707. The van der Waals surface area contributed by atoms with Crippen LogP contribution in [0, 0.1) is 11.3 Å². The summed E-state index contributed by atoms with van der Waals surface area (Å²) in [7, 11) is 1.50. The Kier molecular flexibility index (Phi) is 3.50. The summed E-state index contributed by atoms with van der Waals surface area (Å²) >= 11 is 0. The van der Waals surface area contributed by atoms with Crippen molar-refractivity contribution in [3.8, 4) is 17.6 Å². The van der Waals surface area contributed by atoms with E-state index in [-0.39, 0.29) is 6.61 Å². The Bertz CT molecular complexity index is 368. The lowest BCUT2D eigenvalue weighted by atomic mass is 10.2. The molecule has 0 N–H and O–H groups in total. The molecule has 1 aromatic rings. The minimum Gasteiger partial charge on any atom is -0.493 e. The average molecular weight is 191 g/mol. The van der Waals surface area contributed by atoms with Crippen molar-refractivity contribution in [3.05, 3.63) is 23.8 Å². The third-order valence-electron chi connectivity index (χ3n) is 1.62. The van der Waals surface area contributed by atoms with Crippen LogP contribution in [0.15, 0.2) is 18.2 Å². The van der Waals surface area contributed by atoms with Crippen LogP contribution in [0.1, 0.15) is 10.4 Å². The number of carbonyl (C=O) groups excluding carboxylic acids is 1. The lowest BCUT2D eigenvalue weighted by Gasteiger charge is -2.07. The van der Waals surface area contributed by atoms with Gasteiger partial charge >= 0.3 is 0 Å². The summed E-state index contributed by atoms with van der Waals surface area (Å²) < 4.78 is 10.1. The highest BCUT2D eigenvalue weighted by atomic mass is 16.5. The van der Waals surface area contributed by atoms with E-state index in [1.54, 1.807) is 12.1 Å². The van der Waals surface area contributed by atoms with Gasteiger partial charge in [-0.25, -0.2) is 0 Å². The van der Waals surface area contributed by atoms with Crippen LogP contribution < -0.4 is 9.47 Å². The molecule has 0 saturated heterocycles. The lowest BCUT2D eigenvalue weighted by Crippen LogP contribution is -1.97. The first-order chi connectivity index (χ1) is 6.81. The van der Waals surface area contributed by atoms with Crippen LogP contribution in [0.3, 0.4) is 0 Å². The van der Waals surface area contributed by atoms with Crippen molar-refractivity contribution in [1.29, 1.82) is 5.26 Å². The Balaban J connectivity index is 2.96. The van der Waals surface area contributed by atoms with E-state index in [0.29, 0.717) is 23.3 Å². The fourth-order valence-electron chi connectivity index (χ4n) is 0.989. The maximum atomic E-state index is 10.5. The second kappa shape index (κ2) is 4.87. The molecule has 14 heavy (non-hydrogen) atoms. The molecule has 72 valence electrons. The molecule has 0 saturated carbocycles. The number of hydrogen-bond donors (Lipinski definition) is 0. The minimum atomic E-state index is -0.0708.